The molecule has 2 rings (SSSR count). The maximum Gasteiger partial charge on any atom is 0.425 e. The van der Waals surface area contributed by atoms with Crippen molar-refractivity contribution in [2.45, 2.75) is 38.8 Å². The van der Waals surface area contributed by atoms with Crippen LogP contribution in [0.3, 0.4) is 0 Å². The monoisotopic (exact) mass is 312 g/mol. The molecule has 0 radical (unpaired) electrons. The van der Waals surface area contributed by atoms with Gasteiger partial charge in [-0.25, -0.2) is 4.79 Å². The molecule has 1 aliphatic heterocycles. The lowest BCUT2D eigenvalue weighted by Gasteiger charge is -2.33. The number of ether oxygens (including phenoxy) is 1. The molecule has 116 valence electrons. The molecule has 1 heterocycles. The van der Waals surface area contributed by atoms with E-state index in [0.717, 1.165) is 9.87 Å². The second-order valence-electron chi connectivity index (χ2n) is 5.93. The van der Waals surface area contributed by atoms with E-state index in [1.54, 1.807) is 20.8 Å². The van der Waals surface area contributed by atoms with Gasteiger partial charge < -0.3 is 4.74 Å². The van der Waals surface area contributed by atoms with Gasteiger partial charge in [0.15, 0.2) is 0 Å². The molecular weight excluding hydrogens is 292 g/mol. The first-order valence-electron chi connectivity index (χ1n) is 6.77. The molecule has 21 heavy (non-hydrogen) atoms. The van der Waals surface area contributed by atoms with E-state index in [-0.39, 0.29) is 12.6 Å². The number of carbonyl (C=O) groups is 1. The van der Waals surface area contributed by atoms with Gasteiger partial charge in [-0.15, -0.1) is 0 Å². The molecule has 1 aromatic rings. The number of nitrogens with one attached hydrogen (secondary N) is 1. The number of nitrogens with zero attached hydrogens (tertiary/aromatic N) is 1. The molecule has 1 fully saturated rings. The van der Waals surface area contributed by atoms with Gasteiger partial charge in [0.2, 0.25) is 0 Å². The molecule has 1 unspecified atom stereocenters. The number of hydrogen-bond acceptors (Lipinski definition) is 4. The number of rotatable bonds is 1. The third-order valence-electron chi connectivity index (χ3n) is 3.00. The summed E-state index contributed by atoms with van der Waals surface area (Å²) in [4.78, 5) is 12.0. The van der Waals surface area contributed by atoms with Crippen LogP contribution in [0.15, 0.2) is 30.3 Å². The predicted octanol–water partition coefficient (Wildman–Crippen LogP) is 2.20. The Kier molecular flexibility index (Phi) is 4.25. The molecule has 7 heteroatoms. The van der Waals surface area contributed by atoms with Crippen molar-refractivity contribution in [3.63, 3.8) is 0 Å². The molecule has 0 aromatic heterocycles. The second kappa shape index (κ2) is 5.65. The van der Waals surface area contributed by atoms with Gasteiger partial charge >= 0.3 is 16.3 Å². The zero-order chi connectivity index (χ0) is 15.7. The fraction of sp³-hybridized carbons (Fsp3) is 0.500. The van der Waals surface area contributed by atoms with Crippen LogP contribution >= 0.6 is 0 Å². The van der Waals surface area contributed by atoms with E-state index in [4.69, 9.17) is 4.74 Å². The summed E-state index contributed by atoms with van der Waals surface area (Å²) in [5, 5.41) is 0. The summed E-state index contributed by atoms with van der Waals surface area (Å²) in [6.07, 6.45) is -0.343. The molecule has 1 amide bonds. The molecule has 1 atom stereocenters. The molecule has 1 aliphatic rings. The maximum absolute atomic E-state index is 12.2. The summed E-state index contributed by atoms with van der Waals surface area (Å²) in [5.74, 6) is 0. The van der Waals surface area contributed by atoms with Crippen LogP contribution in [0.25, 0.3) is 0 Å². The average Bonchev–Trinajstić information content (AvgIpc) is 2.36. The molecule has 1 aromatic carbocycles. The molecule has 0 bridgehead atoms. The van der Waals surface area contributed by atoms with Crippen molar-refractivity contribution in [2.75, 3.05) is 6.54 Å². The Balaban J connectivity index is 2.12. The van der Waals surface area contributed by atoms with Crippen molar-refractivity contribution >= 4 is 16.3 Å². The maximum atomic E-state index is 12.2. The molecule has 0 saturated carbocycles. The minimum atomic E-state index is -3.88. The summed E-state index contributed by atoms with van der Waals surface area (Å²) >= 11 is 0. The lowest BCUT2D eigenvalue weighted by Crippen LogP contribution is -2.52. The zero-order valence-electron chi connectivity index (χ0n) is 12.4. The first-order chi connectivity index (χ1) is 9.69. The molecule has 0 spiro atoms. The van der Waals surface area contributed by atoms with Crippen molar-refractivity contribution in [3.05, 3.63) is 35.9 Å². The Labute approximate surface area is 125 Å². The van der Waals surface area contributed by atoms with E-state index >= 15 is 0 Å². The van der Waals surface area contributed by atoms with E-state index in [0.29, 0.717) is 6.42 Å². The van der Waals surface area contributed by atoms with E-state index in [1.165, 1.54) is 0 Å². The molecular formula is C14H20N2O4S. The number of benzene rings is 1. The molecule has 0 aliphatic carbocycles. The van der Waals surface area contributed by atoms with Crippen LogP contribution in [-0.2, 0) is 14.9 Å². The molecule has 1 N–H and O–H groups in total. The van der Waals surface area contributed by atoms with Gasteiger partial charge in [0.25, 0.3) is 0 Å². The average molecular weight is 312 g/mol. The lowest BCUT2D eigenvalue weighted by molar-refractivity contribution is 0.0375. The summed E-state index contributed by atoms with van der Waals surface area (Å²) in [7, 11) is -3.88. The van der Waals surface area contributed by atoms with E-state index < -0.39 is 21.9 Å². The standard InChI is InChI=1S/C14H20N2O4S/c1-14(2,3)20-13(17)16-10-9-12(15-21(16,18)19)11-7-5-4-6-8-11/h4-8,12,15H,9-10H2,1-3H3. The quantitative estimate of drug-likeness (QED) is 0.862. The Morgan fingerprint density at radius 2 is 1.90 bits per heavy atom. The Morgan fingerprint density at radius 1 is 1.29 bits per heavy atom. The van der Waals surface area contributed by atoms with Crippen molar-refractivity contribution in [1.82, 2.24) is 9.03 Å². The van der Waals surface area contributed by atoms with Crippen LogP contribution in [0.1, 0.15) is 38.8 Å². The minimum absolute atomic E-state index is 0.101. The smallest absolute Gasteiger partial charge is 0.425 e. The number of amides is 1. The number of hydrogen-bond donors (Lipinski definition) is 1. The van der Waals surface area contributed by atoms with Crippen molar-refractivity contribution < 1.29 is 17.9 Å². The van der Waals surface area contributed by atoms with Gasteiger partial charge in [0.05, 0.1) is 6.04 Å². The Hall–Kier alpha value is -1.60. The fourth-order valence-corrected chi connectivity index (χ4v) is 3.41. The van der Waals surface area contributed by atoms with Crippen LogP contribution in [0.5, 0.6) is 0 Å². The van der Waals surface area contributed by atoms with Gasteiger partial charge in [-0.3, -0.25) is 0 Å². The zero-order valence-corrected chi connectivity index (χ0v) is 13.2. The largest absolute Gasteiger partial charge is 0.443 e. The van der Waals surface area contributed by atoms with Crippen molar-refractivity contribution in [3.8, 4) is 0 Å². The van der Waals surface area contributed by atoms with Gasteiger partial charge in [-0.1, -0.05) is 30.3 Å². The van der Waals surface area contributed by atoms with Crippen LogP contribution < -0.4 is 4.72 Å². The highest BCUT2D eigenvalue weighted by molar-refractivity contribution is 7.87. The Bertz CT molecular complexity index is 608. The third kappa shape index (κ3) is 3.95. The SMILES string of the molecule is CC(C)(C)OC(=O)N1CCC(c2ccccc2)NS1(=O)=O. The fourth-order valence-electron chi connectivity index (χ4n) is 2.09. The second-order valence-corrected chi connectivity index (χ2v) is 7.55. The van der Waals surface area contributed by atoms with Crippen molar-refractivity contribution in [1.29, 1.82) is 0 Å². The van der Waals surface area contributed by atoms with E-state index in [9.17, 15) is 13.2 Å². The lowest BCUT2D eigenvalue weighted by atomic mass is 10.1. The van der Waals surface area contributed by atoms with Gasteiger partial charge in [-0.2, -0.15) is 17.4 Å². The predicted molar refractivity (Wildman–Crippen MR) is 78.8 cm³/mol. The normalized spacial score (nSPS) is 21.9. The van der Waals surface area contributed by atoms with Crippen LogP contribution in [0.2, 0.25) is 0 Å². The third-order valence-corrected chi connectivity index (χ3v) is 4.50. The van der Waals surface area contributed by atoms with Crippen LogP contribution in [-0.4, -0.2) is 31.0 Å². The number of carbonyl (C=O) groups excluding carboxylic acids is 1. The van der Waals surface area contributed by atoms with Crippen molar-refractivity contribution in [2.24, 2.45) is 0 Å². The summed E-state index contributed by atoms with van der Waals surface area (Å²) in [6, 6.07) is 8.96. The first kappa shape index (κ1) is 15.8. The summed E-state index contributed by atoms with van der Waals surface area (Å²) < 4.78 is 32.8. The highest BCUT2D eigenvalue weighted by Gasteiger charge is 2.37. The topological polar surface area (TPSA) is 75.7 Å². The summed E-state index contributed by atoms with van der Waals surface area (Å²) in [6.45, 7) is 5.19. The van der Waals surface area contributed by atoms with Gasteiger partial charge in [-0.05, 0) is 32.8 Å². The van der Waals surface area contributed by atoms with Gasteiger partial charge in [0.1, 0.15) is 5.60 Å². The van der Waals surface area contributed by atoms with E-state index in [1.807, 2.05) is 30.3 Å². The van der Waals surface area contributed by atoms with Gasteiger partial charge in [0, 0.05) is 6.54 Å². The van der Waals surface area contributed by atoms with Crippen LogP contribution in [0, 0.1) is 0 Å². The van der Waals surface area contributed by atoms with E-state index in [2.05, 4.69) is 4.72 Å². The summed E-state index contributed by atoms with van der Waals surface area (Å²) in [5.41, 5.74) is 0.146. The van der Waals surface area contributed by atoms with Crippen LogP contribution in [0.4, 0.5) is 4.79 Å². The Morgan fingerprint density at radius 3 is 2.43 bits per heavy atom. The highest BCUT2D eigenvalue weighted by Crippen LogP contribution is 2.25. The highest BCUT2D eigenvalue weighted by atomic mass is 32.2. The minimum Gasteiger partial charge on any atom is -0.443 e. The first-order valence-corrected chi connectivity index (χ1v) is 8.21. The molecule has 6 nitrogen and oxygen atoms in total. The molecule has 1 saturated heterocycles.